The Kier molecular flexibility index (Phi) is 9.89. The molecular formula is C29H49NO3S. The fraction of sp³-hybridized carbons (Fsp3) is 0.828. The maximum atomic E-state index is 12.9. The molecule has 1 spiro atoms. The number of rotatable bonds is 15. The van der Waals surface area contributed by atoms with Gasteiger partial charge in [0.1, 0.15) is 0 Å². The number of carbonyl (C=O) groups is 1. The Hall–Kier alpha value is -1.10. The molecule has 1 saturated heterocycles. The normalized spacial score (nSPS) is 29.0. The number of sulfonamides is 1. The summed E-state index contributed by atoms with van der Waals surface area (Å²) in [5, 5.41) is 0. The van der Waals surface area contributed by atoms with Gasteiger partial charge >= 0.3 is 0 Å². The van der Waals surface area contributed by atoms with Gasteiger partial charge < -0.3 is 0 Å². The molecule has 4 nitrogen and oxygen atoms in total. The first-order chi connectivity index (χ1) is 16.3. The quantitative estimate of drug-likeness (QED) is 0.135. The fourth-order valence-corrected chi connectivity index (χ4v) is 9.52. The number of unbranched alkanes of at least 4 members (excludes halogenated alkanes) is 11. The van der Waals surface area contributed by atoms with Gasteiger partial charge in [0.15, 0.2) is 0 Å². The van der Waals surface area contributed by atoms with E-state index in [1.165, 1.54) is 74.6 Å². The number of hydrogen-bond donors (Lipinski definition) is 0. The van der Waals surface area contributed by atoms with Crippen molar-refractivity contribution in [1.82, 2.24) is 4.31 Å². The maximum Gasteiger partial charge on any atom is 0.259 e. The minimum absolute atomic E-state index is 0.00250. The van der Waals surface area contributed by atoms with Crippen LogP contribution in [0, 0.1) is 16.7 Å². The summed E-state index contributed by atoms with van der Waals surface area (Å²) in [6.45, 7) is 6.69. The predicted molar refractivity (Wildman–Crippen MR) is 142 cm³/mol. The van der Waals surface area contributed by atoms with Gasteiger partial charge in [-0.15, -0.1) is 0 Å². The van der Waals surface area contributed by atoms with E-state index in [4.69, 9.17) is 0 Å². The summed E-state index contributed by atoms with van der Waals surface area (Å²) in [4.78, 5) is 12.9. The minimum atomic E-state index is -3.51. The second kappa shape index (κ2) is 12.2. The Labute approximate surface area is 209 Å². The lowest BCUT2D eigenvalue weighted by Crippen LogP contribution is -2.43. The van der Waals surface area contributed by atoms with E-state index in [1.54, 1.807) is 0 Å². The smallest absolute Gasteiger partial charge is 0.259 e. The molecule has 3 rings (SSSR count). The maximum absolute atomic E-state index is 12.9. The van der Waals surface area contributed by atoms with Crippen LogP contribution in [-0.2, 0) is 14.8 Å². The monoisotopic (exact) mass is 491 g/mol. The molecule has 3 fully saturated rings. The average molecular weight is 492 g/mol. The highest BCUT2D eigenvalue weighted by atomic mass is 32.2. The van der Waals surface area contributed by atoms with Crippen LogP contribution in [0.15, 0.2) is 24.3 Å². The van der Waals surface area contributed by atoms with Gasteiger partial charge in [0.25, 0.3) is 5.91 Å². The third-order valence-electron chi connectivity index (χ3n) is 9.28. The van der Waals surface area contributed by atoms with E-state index >= 15 is 0 Å². The van der Waals surface area contributed by atoms with Crippen molar-refractivity contribution in [3.05, 3.63) is 24.3 Å². The van der Waals surface area contributed by atoms with Gasteiger partial charge in [-0.3, -0.25) is 4.79 Å². The molecule has 0 unspecified atom stereocenters. The summed E-state index contributed by atoms with van der Waals surface area (Å²) in [6, 6.07) is -0.135. The van der Waals surface area contributed by atoms with E-state index in [2.05, 4.69) is 32.9 Å². The number of allylic oxidation sites excluding steroid dienone is 3. The standard InChI is InChI=1S/C29H49NO3S/c1-4-5-6-7-8-9-10-11-12-13-14-15-16-17-18-19-20-27(31)30-26-23-25-21-22-29(26,28(25,2)3)24-34(30,32)33/h15-16,19-20,25-26H,4-14,17-18,21-24H2,1-3H3/b16-15+,20-19+/t25-,26-,29-/m0/s1. The number of carbonyl (C=O) groups excluding carboxylic acids is 1. The zero-order valence-corrected chi connectivity index (χ0v) is 22.9. The molecule has 2 saturated carbocycles. The zero-order chi connectivity index (χ0) is 24.7. The van der Waals surface area contributed by atoms with Gasteiger partial charge in [-0.1, -0.05) is 96.8 Å². The van der Waals surface area contributed by atoms with Crippen molar-refractivity contribution in [2.75, 3.05) is 5.75 Å². The number of fused-ring (bicyclic) bond motifs is 1. The molecular weight excluding hydrogens is 442 g/mol. The number of nitrogens with zero attached hydrogens (tertiary/aromatic N) is 1. The van der Waals surface area contributed by atoms with Crippen molar-refractivity contribution >= 4 is 15.9 Å². The third-order valence-corrected chi connectivity index (χ3v) is 11.2. The van der Waals surface area contributed by atoms with Crippen molar-refractivity contribution in [3.8, 4) is 0 Å². The van der Waals surface area contributed by atoms with Crippen LogP contribution in [0.25, 0.3) is 0 Å². The van der Waals surface area contributed by atoms with Crippen LogP contribution in [-0.4, -0.2) is 30.4 Å². The van der Waals surface area contributed by atoms with Crippen molar-refractivity contribution in [2.24, 2.45) is 16.7 Å². The molecule has 0 aromatic heterocycles. The Bertz CT molecular complexity index is 828. The Balaban J connectivity index is 1.29. The highest BCUT2D eigenvalue weighted by molar-refractivity contribution is 7.90. The first-order valence-corrected chi connectivity index (χ1v) is 15.7. The molecule has 194 valence electrons. The van der Waals surface area contributed by atoms with Crippen molar-refractivity contribution in [2.45, 2.75) is 130 Å². The number of amides is 1. The molecule has 2 aliphatic carbocycles. The van der Waals surface area contributed by atoms with Gasteiger partial charge in [-0.25, -0.2) is 12.7 Å². The second-order valence-corrected chi connectivity index (χ2v) is 13.5. The van der Waals surface area contributed by atoms with Crippen molar-refractivity contribution in [3.63, 3.8) is 0 Å². The molecule has 1 aliphatic heterocycles. The minimum Gasteiger partial charge on any atom is -0.269 e. The van der Waals surface area contributed by atoms with Crippen LogP contribution in [0.1, 0.15) is 124 Å². The molecule has 1 heterocycles. The van der Waals surface area contributed by atoms with E-state index in [1.807, 2.05) is 6.08 Å². The lowest BCUT2D eigenvalue weighted by molar-refractivity contribution is -0.124. The van der Waals surface area contributed by atoms with Gasteiger partial charge in [-0.05, 0) is 56.3 Å². The van der Waals surface area contributed by atoms with Crippen LogP contribution in [0.5, 0.6) is 0 Å². The van der Waals surface area contributed by atoms with Gasteiger partial charge in [0.2, 0.25) is 10.0 Å². The molecule has 2 bridgehead atoms. The van der Waals surface area contributed by atoms with Crippen LogP contribution < -0.4 is 0 Å². The zero-order valence-electron chi connectivity index (χ0n) is 22.1. The Morgan fingerprint density at radius 3 is 2.12 bits per heavy atom. The molecule has 5 heteroatoms. The third kappa shape index (κ3) is 5.99. The summed E-state index contributed by atoms with van der Waals surface area (Å²) in [6.07, 6.45) is 27.1. The van der Waals surface area contributed by atoms with E-state index < -0.39 is 10.0 Å². The van der Waals surface area contributed by atoms with Crippen LogP contribution in [0.4, 0.5) is 0 Å². The first-order valence-electron chi connectivity index (χ1n) is 14.1. The fourth-order valence-electron chi connectivity index (χ4n) is 7.01. The van der Waals surface area contributed by atoms with Crippen LogP contribution in [0.3, 0.4) is 0 Å². The summed E-state index contributed by atoms with van der Waals surface area (Å²) in [7, 11) is -3.51. The van der Waals surface area contributed by atoms with Crippen LogP contribution in [0.2, 0.25) is 0 Å². The van der Waals surface area contributed by atoms with E-state index in [-0.39, 0.29) is 28.5 Å². The van der Waals surface area contributed by atoms with Crippen molar-refractivity contribution in [1.29, 1.82) is 0 Å². The summed E-state index contributed by atoms with van der Waals surface area (Å²) in [5.74, 6) is 0.350. The molecule has 0 N–H and O–H groups in total. The van der Waals surface area contributed by atoms with Gasteiger partial charge in [0.05, 0.1) is 11.8 Å². The Morgan fingerprint density at radius 2 is 1.47 bits per heavy atom. The van der Waals surface area contributed by atoms with Crippen molar-refractivity contribution < 1.29 is 13.2 Å². The van der Waals surface area contributed by atoms with E-state index in [0.717, 1.165) is 38.5 Å². The molecule has 1 amide bonds. The molecule has 0 aromatic rings. The number of hydrogen-bond acceptors (Lipinski definition) is 3. The molecule has 3 atom stereocenters. The van der Waals surface area contributed by atoms with E-state index in [9.17, 15) is 13.2 Å². The average Bonchev–Trinajstić information content (AvgIpc) is 3.26. The lowest BCUT2D eigenvalue weighted by Gasteiger charge is -2.36. The molecule has 3 aliphatic rings. The highest BCUT2D eigenvalue weighted by Gasteiger charge is 2.72. The van der Waals surface area contributed by atoms with Gasteiger partial charge in [-0.2, -0.15) is 0 Å². The lowest BCUT2D eigenvalue weighted by atomic mass is 9.69. The van der Waals surface area contributed by atoms with Crippen LogP contribution >= 0.6 is 0 Å². The SMILES string of the molecule is CCCCCCCCCCCC/C=C/CC/C=C/C(=O)N1[C@H]2C[C@@H]3CC[C@@]2(CS1(=O)=O)C3(C)C. The predicted octanol–water partition coefficient (Wildman–Crippen LogP) is 7.56. The molecule has 0 aromatic carbocycles. The highest BCUT2D eigenvalue weighted by Crippen LogP contribution is 2.69. The summed E-state index contributed by atoms with van der Waals surface area (Å²) < 4.78 is 27.1. The topological polar surface area (TPSA) is 54.5 Å². The van der Waals surface area contributed by atoms with E-state index in [0.29, 0.717) is 5.92 Å². The summed E-state index contributed by atoms with van der Waals surface area (Å²) in [5.41, 5.74) is -0.236. The molecule has 0 radical (unpaired) electrons. The second-order valence-electron chi connectivity index (χ2n) is 11.7. The first kappa shape index (κ1) is 27.5. The largest absolute Gasteiger partial charge is 0.269 e. The molecule has 34 heavy (non-hydrogen) atoms. The summed E-state index contributed by atoms with van der Waals surface area (Å²) >= 11 is 0. The Morgan fingerprint density at radius 1 is 0.882 bits per heavy atom. The van der Waals surface area contributed by atoms with Gasteiger partial charge in [0, 0.05) is 11.5 Å².